The van der Waals surface area contributed by atoms with E-state index >= 15 is 0 Å². The molecule has 1 heterocycles. The first-order valence-corrected chi connectivity index (χ1v) is 7.93. The Morgan fingerprint density at radius 1 is 1.41 bits per heavy atom. The van der Waals surface area contributed by atoms with Crippen molar-refractivity contribution in [2.45, 2.75) is 18.9 Å². The van der Waals surface area contributed by atoms with Crippen LogP contribution < -0.4 is 5.32 Å². The highest BCUT2D eigenvalue weighted by atomic mass is 16.3. The van der Waals surface area contributed by atoms with Crippen LogP contribution >= 0.6 is 0 Å². The van der Waals surface area contributed by atoms with Gasteiger partial charge in [0.25, 0.3) is 0 Å². The van der Waals surface area contributed by atoms with E-state index < -0.39 is 0 Å². The van der Waals surface area contributed by atoms with Crippen molar-refractivity contribution in [1.82, 2.24) is 15.1 Å². The van der Waals surface area contributed by atoms with Gasteiger partial charge in [0.2, 0.25) is 0 Å². The summed E-state index contributed by atoms with van der Waals surface area (Å²) in [6.45, 7) is 2.35. The van der Waals surface area contributed by atoms with Crippen LogP contribution in [-0.2, 0) is 6.42 Å². The average Bonchev–Trinajstić information content (AvgIpc) is 2.96. The third-order valence-corrected chi connectivity index (χ3v) is 4.07. The summed E-state index contributed by atoms with van der Waals surface area (Å²) in [7, 11) is 4.03. The molecule has 122 valence electrons. The highest BCUT2D eigenvalue weighted by Gasteiger charge is 2.27. The van der Waals surface area contributed by atoms with Gasteiger partial charge in [-0.1, -0.05) is 30.3 Å². The number of hydrogen-bond donors (Lipinski definition) is 2. The number of nitrogens with zero attached hydrogens (tertiary/aromatic N) is 2. The van der Waals surface area contributed by atoms with Gasteiger partial charge in [-0.2, -0.15) is 0 Å². The van der Waals surface area contributed by atoms with Crippen LogP contribution in [0.4, 0.5) is 4.79 Å². The van der Waals surface area contributed by atoms with Crippen molar-refractivity contribution in [2.24, 2.45) is 5.92 Å². The quantitative estimate of drug-likeness (QED) is 0.830. The molecule has 1 saturated heterocycles. The zero-order valence-electron chi connectivity index (χ0n) is 13.5. The molecule has 0 aromatic heterocycles. The van der Waals surface area contributed by atoms with E-state index in [0.29, 0.717) is 6.54 Å². The van der Waals surface area contributed by atoms with E-state index in [1.807, 2.05) is 37.2 Å². The van der Waals surface area contributed by atoms with Crippen LogP contribution in [0.2, 0.25) is 0 Å². The van der Waals surface area contributed by atoms with Crippen molar-refractivity contribution in [1.29, 1.82) is 0 Å². The molecule has 2 rings (SSSR count). The molecule has 0 saturated carbocycles. The predicted molar refractivity (Wildman–Crippen MR) is 87.8 cm³/mol. The number of hydrogen-bond acceptors (Lipinski definition) is 3. The van der Waals surface area contributed by atoms with Gasteiger partial charge in [-0.15, -0.1) is 0 Å². The summed E-state index contributed by atoms with van der Waals surface area (Å²) in [4.78, 5) is 16.3. The molecule has 22 heavy (non-hydrogen) atoms. The maximum Gasteiger partial charge on any atom is 0.317 e. The Kier molecular flexibility index (Phi) is 6.21. The maximum atomic E-state index is 12.4. The van der Waals surface area contributed by atoms with Gasteiger partial charge in [-0.05, 0) is 32.5 Å². The molecule has 0 radical (unpaired) electrons. The van der Waals surface area contributed by atoms with Gasteiger partial charge in [0.05, 0.1) is 0 Å². The first kappa shape index (κ1) is 16.8. The van der Waals surface area contributed by atoms with Gasteiger partial charge in [-0.25, -0.2) is 4.79 Å². The van der Waals surface area contributed by atoms with Gasteiger partial charge in [-0.3, -0.25) is 0 Å². The molecular weight excluding hydrogens is 278 g/mol. The Bertz CT molecular complexity index is 464. The first-order chi connectivity index (χ1) is 10.6. The van der Waals surface area contributed by atoms with E-state index in [-0.39, 0.29) is 24.6 Å². The third-order valence-electron chi connectivity index (χ3n) is 4.07. The second kappa shape index (κ2) is 8.15. The minimum atomic E-state index is -0.0151. The number of nitrogens with one attached hydrogen (secondary N) is 1. The standard InChI is InChI=1S/C17H27N3O2/c1-19(2)12-16(10-14-6-4-3-5-7-14)18-17(22)20-9-8-15(11-20)13-21/h3-7,15-16,21H,8-13H2,1-2H3,(H,18,22). The topological polar surface area (TPSA) is 55.8 Å². The molecular formula is C17H27N3O2. The summed E-state index contributed by atoms with van der Waals surface area (Å²) in [5.74, 6) is 0.229. The van der Waals surface area contributed by atoms with Gasteiger partial charge in [0.1, 0.15) is 0 Å². The van der Waals surface area contributed by atoms with Crippen molar-refractivity contribution in [3.8, 4) is 0 Å². The van der Waals surface area contributed by atoms with Crippen molar-refractivity contribution in [2.75, 3.05) is 40.3 Å². The molecule has 2 N–H and O–H groups in total. The van der Waals surface area contributed by atoms with Crippen molar-refractivity contribution < 1.29 is 9.90 Å². The highest BCUT2D eigenvalue weighted by molar-refractivity contribution is 5.74. The minimum absolute atomic E-state index is 0.0151. The van der Waals surface area contributed by atoms with Gasteiger partial charge in [0.15, 0.2) is 0 Å². The van der Waals surface area contributed by atoms with E-state index in [9.17, 15) is 9.90 Å². The number of rotatable bonds is 6. The van der Waals surface area contributed by atoms with E-state index in [1.54, 1.807) is 0 Å². The molecule has 1 aromatic carbocycles. The van der Waals surface area contributed by atoms with Crippen molar-refractivity contribution in [3.05, 3.63) is 35.9 Å². The molecule has 5 heteroatoms. The zero-order valence-corrected chi connectivity index (χ0v) is 13.5. The molecule has 2 atom stereocenters. The normalized spacial score (nSPS) is 19.5. The van der Waals surface area contributed by atoms with Crippen molar-refractivity contribution >= 4 is 6.03 Å². The Morgan fingerprint density at radius 3 is 2.73 bits per heavy atom. The molecule has 1 aliphatic heterocycles. The molecule has 0 spiro atoms. The van der Waals surface area contributed by atoms with Gasteiger partial charge in [0, 0.05) is 38.2 Å². The number of likely N-dealkylation sites (N-methyl/N-ethyl adjacent to an activating group) is 1. The summed E-state index contributed by atoms with van der Waals surface area (Å²) in [6.07, 6.45) is 1.71. The van der Waals surface area contributed by atoms with Crippen LogP contribution in [0.1, 0.15) is 12.0 Å². The lowest BCUT2D eigenvalue weighted by molar-refractivity contribution is 0.192. The van der Waals surface area contributed by atoms with Crippen molar-refractivity contribution in [3.63, 3.8) is 0 Å². The van der Waals surface area contributed by atoms with Crippen LogP contribution in [0.15, 0.2) is 30.3 Å². The fourth-order valence-corrected chi connectivity index (χ4v) is 2.93. The van der Waals surface area contributed by atoms with Gasteiger partial charge >= 0.3 is 6.03 Å². The minimum Gasteiger partial charge on any atom is -0.396 e. The van der Waals surface area contributed by atoms with E-state index in [1.165, 1.54) is 5.56 Å². The Balaban J connectivity index is 1.93. The smallest absolute Gasteiger partial charge is 0.317 e. The zero-order chi connectivity index (χ0) is 15.9. The van der Waals surface area contributed by atoms with E-state index in [0.717, 1.165) is 25.9 Å². The molecule has 0 bridgehead atoms. The van der Waals surface area contributed by atoms with Crippen LogP contribution in [0.3, 0.4) is 0 Å². The predicted octanol–water partition coefficient (Wildman–Crippen LogP) is 1.18. The summed E-state index contributed by atoms with van der Waals surface area (Å²) in [5, 5.41) is 12.3. The van der Waals surface area contributed by atoms with E-state index in [2.05, 4.69) is 22.3 Å². The fraction of sp³-hybridized carbons (Fsp3) is 0.588. The fourth-order valence-electron chi connectivity index (χ4n) is 2.93. The second-order valence-corrected chi connectivity index (χ2v) is 6.38. The molecule has 0 aliphatic carbocycles. The number of carbonyl (C=O) groups is 1. The number of urea groups is 1. The van der Waals surface area contributed by atoms with Crippen LogP contribution in [-0.4, -0.2) is 67.3 Å². The summed E-state index contributed by atoms with van der Waals surface area (Å²) >= 11 is 0. The summed E-state index contributed by atoms with van der Waals surface area (Å²) in [6, 6.07) is 10.3. The summed E-state index contributed by atoms with van der Waals surface area (Å²) < 4.78 is 0. The van der Waals surface area contributed by atoms with Gasteiger partial charge < -0.3 is 20.2 Å². The number of aliphatic hydroxyl groups excluding tert-OH is 1. The Labute approximate surface area is 132 Å². The first-order valence-electron chi connectivity index (χ1n) is 7.93. The monoisotopic (exact) mass is 305 g/mol. The van der Waals surface area contributed by atoms with Crippen LogP contribution in [0.25, 0.3) is 0 Å². The Hall–Kier alpha value is -1.59. The Morgan fingerprint density at radius 2 is 2.14 bits per heavy atom. The maximum absolute atomic E-state index is 12.4. The molecule has 2 unspecified atom stereocenters. The number of amides is 2. The molecule has 1 aromatic rings. The molecule has 1 fully saturated rings. The van der Waals surface area contributed by atoms with Crippen LogP contribution in [0, 0.1) is 5.92 Å². The number of benzene rings is 1. The third kappa shape index (κ3) is 5.00. The largest absolute Gasteiger partial charge is 0.396 e. The molecule has 5 nitrogen and oxygen atoms in total. The lowest BCUT2D eigenvalue weighted by Gasteiger charge is -2.26. The number of likely N-dealkylation sites (tertiary alicyclic amines) is 1. The van der Waals surface area contributed by atoms with Crippen LogP contribution in [0.5, 0.6) is 0 Å². The SMILES string of the molecule is CN(C)CC(Cc1ccccc1)NC(=O)N1CCC(CO)C1. The second-order valence-electron chi connectivity index (χ2n) is 6.38. The summed E-state index contributed by atoms with van der Waals surface area (Å²) in [5.41, 5.74) is 1.23. The highest BCUT2D eigenvalue weighted by Crippen LogP contribution is 2.15. The lowest BCUT2D eigenvalue weighted by Crippen LogP contribution is -2.48. The number of carbonyl (C=O) groups excluding carboxylic acids is 1. The average molecular weight is 305 g/mol. The molecule has 2 amide bonds. The van der Waals surface area contributed by atoms with E-state index in [4.69, 9.17) is 0 Å². The lowest BCUT2D eigenvalue weighted by atomic mass is 10.1. The molecule has 1 aliphatic rings. The number of aliphatic hydroxyl groups is 1.